The third-order valence-corrected chi connectivity index (χ3v) is 11.0. The molecule has 37 heavy (non-hydrogen) atoms. The van der Waals surface area contributed by atoms with E-state index in [-0.39, 0.29) is 18.2 Å². The molecule has 0 aromatic heterocycles. The molecule has 1 atom stereocenters. The van der Waals surface area contributed by atoms with E-state index in [9.17, 15) is 36.5 Å². The molecule has 2 aromatic carbocycles. The molecule has 0 amide bonds. The normalized spacial score (nSPS) is 14.6. The molecule has 2 rings (SSSR count). The summed E-state index contributed by atoms with van der Waals surface area (Å²) in [7, 11) is -2.46. The van der Waals surface area contributed by atoms with Crippen LogP contribution in [0.3, 0.4) is 0 Å². The Morgan fingerprint density at radius 2 is 1.38 bits per heavy atom. The van der Waals surface area contributed by atoms with E-state index < -0.39 is 48.9 Å². The molecule has 0 radical (unpaired) electrons. The van der Waals surface area contributed by atoms with Crippen LogP contribution in [0.15, 0.2) is 60.8 Å². The van der Waals surface area contributed by atoms with E-state index in [1.165, 1.54) is 6.08 Å². The Kier molecular flexibility index (Phi) is 10.1. The average molecular weight is 550 g/mol. The Balaban J connectivity index is 2.52. The Hall–Kier alpha value is -2.70. The van der Waals surface area contributed by atoms with Crippen LogP contribution in [0.25, 0.3) is 0 Å². The summed E-state index contributed by atoms with van der Waals surface area (Å²) in [5, 5.41) is 11.2. The van der Waals surface area contributed by atoms with Gasteiger partial charge in [-0.3, -0.25) is 10.1 Å². The van der Waals surface area contributed by atoms with Gasteiger partial charge in [0.1, 0.15) is 5.60 Å². The summed E-state index contributed by atoms with van der Waals surface area (Å²) in [4.78, 5) is 10.6. The van der Waals surface area contributed by atoms with Crippen LogP contribution in [0, 0.1) is 10.1 Å². The SMILES string of the molecule is CC[Si](CC)(CC)O[C@](/C=C\[N+](=O)[O-])(COCc1cc(C(F)(F)F)cc(C(F)(F)F)c1)c1ccccc1. The van der Waals surface area contributed by atoms with Crippen molar-refractivity contribution in [2.45, 2.75) is 63.5 Å². The summed E-state index contributed by atoms with van der Waals surface area (Å²) in [6.07, 6.45) is -8.03. The molecule has 0 unspecified atom stereocenters. The predicted molar refractivity (Wildman–Crippen MR) is 129 cm³/mol. The van der Waals surface area contributed by atoms with E-state index in [2.05, 4.69) is 0 Å². The van der Waals surface area contributed by atoms with Crippen LogP contribution in [0.4, 0.5) is 26.3 Å². The van der Waals surface area contributed by atoms with E-state index >= 15 is 0 Å². The number of nitro groups is 1. The minimum Gasteiger partial charge on any atom is -0.401 e. The second-order valence-electron chi connectivity index (χ2n) is 8.61. The summed E-state index contributed by atoms with van der Waals surface area (Å²) in [6, 6.07) is 11.8. The van der Waals surface area contributed by atoms with Gasteiger partial charge in [0, 0.05) is 6.08 Å². The molecular formula is C25H29F6NO4Si. The van der Waals surface area contributed by atoms with Crippen molar-refractivity contribution in [2.24, 2.45) is 0 Å². The Morgan fingerprint density at radius 1 is 0.865 bits per heavy atom. The maximum Gasteiger partial charge on any atom is 0.416 e. The predicted octanol–water partition coefficient (Wildman–Crippen LogP) is 7.95. The number of halogens is 6. The molecule has 2 aromatic rings. The van der Waals surface area contributed by atoms with Gasteiger partial charge < -0.3 is 9.16 Å². The van der Waals surface area contributed by atoms with Crippen molar-refractivity contribution >= 4 is 8.32 Å². The van der Waals surface area contributed by atoms with Gasteiger partial charge in [0.05, 0.1) is 29.3 Å². The first-order valence-electron chi connectivity index (χ1n) is 11.6. The van der Waals surface area contributed by atoms with Gasteiger partial charge >= 0.3 is 12.4 Å². The van der Waals surface area contributed by atoms with Gasteiger partial charge in [-0.2, -0.15) is 26.3 Å². The first-order chi connectivity index (χ1) is 17.2. The fraction of sp³-hybridized carbons (Fsp3) is 0.440. The molecule has 0 aliphatic carbocycles. The summed E-state index contributed by atoms with van der Waals surface area (Å²) < 4.78 is 91.8. The van der Waals surface area contributed by atoms with Crippen LogP contribution in [-0.4, -0.2) is 19.8 Å². The molecule has 0 heterocycles. The minimum atomic E-state index is -4.99. The van der Waals surface area contributed by atoms with Gasteiger partial charge in [-0.25, -0.2) is 0 Å². The zero-order chi connectivity index (χ0) is 27.9. The van der Waals surface area contributed by atoms with Crippen LogP contribution in [0.1, 0.15) is 43.0 Å². The highest BCUT2D eigenvalue weighted by Gasteiger charge is 2.42. The zero-order valence-electron chi connectivity index (χ0n) is 20.7. The number of rotatable bonds is 12. The fourth-order valence-corrected chi connectivity index (χ4v) is 6.98. The van der Waals surface area contributed by atoms with Crippen molar-refractivity contribution in [3.63, 3.8) is 0 Å². The lowest BCUT2D eigenvalue weighted by molar-refractivity contribution is -0.403. The highest BCUT2D eigenvalue weighted by atomic mass is 28.4. The standard InChI is InChI=1S/C25H29F6NO4Si/c1-4-37(5-2,6-3)36-23(12-13-32(33)34,20-10-8-7-9-11-20)18-35-17-19-14-21(24(26,27)28)16-22(15-19)25(29,30)31/h7-16H,4-6,17-18H2,1-3H3/b13-12-/t23-/m1/s1. The van der Waals surface area contributed by atoms with Crippen molar-refractivity contribution in [3.8, 4) is 0 Å². The number of alkyl halides is 6. The largest absolute Gasteiger partial charge is 0.416 e. The molecule has 0 saturated carbocycles. The lowest BCUT2D eigenvalue weighted by Gasteiger charge is -2.40. The smallest absolute Gasteiger partial charge is 0.401 e. The lowest BCUT2D eigenvalue weighted by atomic mass is 9.94. The second kappa shape index (κ2) is 12.2. The number of ether oxygens (including phenoxy) is 1. The molecule has 0 saturated heterocycles. The summed E-state index contributed by atoms with van der Waals surface area (Å²) in [6.45, 7) is 4.89. The molecule has 0 bridgehead atoms. The van der Waals surface area contributed by atoms with Gasteiger partial charge in [0.25, 0.3) is 0 Å². The lowest BCUT2D eigenvalue weighted by Crippen LogP contribution is -2.47. The Morgan fingerprint density at radius 3 is 1.81 bits per heavy atom. The Labute approximate surface area is 212 Å². The fourth-order valence-electron chi connectivity index (χ4n) is 4.03. The van der Waals surface area contributed by atoms with Crippen molar-refractivity contribution in [2.75, 3.05) is 6.61 Å². The molecular weight excluding hydrogens is 520 g/mol. The van der Waals surface area contributed by atoms with Crippen molar-refractivity contribution < 1.29 is 40.4 Å². The molecule has 0 aliphatic heterocycles. The maximum atomic E-state index is 13.3. The number of nitrogens with zero attached hydrogens (tertiary/aromatic N) is 1. The maximum absolute atomic E-state index is 13.3. The van der Waals surface area contributed by atoms with Crippen molar-refractivity contribution in [1.82, 2.24) is 0 Å². The Bertz CT molecular complexity index is 1030. The van der Waals surface area contributed by atoms with Crippen LogP contribution >= 0.6 is 0 Å². The topological polar surface area (TPSA) is 61.6 Å². The monoisotopic (exact) mass is 549 g/mol. The second-order valence-corrected chi connectivity index (χ2v) is 13.3. The molecule has 0 N–H and O–H groups in total. The van der Waals surface area contributed by atoms with E-state index in [1.807, 2.05) is 20.8 Å². The van der Waals surface area contributed by atoms with Crippen molar-refractivity contribution in [3.05, 3.63) is 93.2 Å². The van der Waals surface area contributed by atoms with Crippen molar-refractivity contribution in [1.29, 1.82) is 0 Å². The third kappa shape index (κ3) is 8.14. The van der Waals surface area contributed by atoms with E-state index in [4.69, 9.17) is 9.16 Å². The molecule has 5 nitrogen and oxygen atoms in total. The minimum absolute atomic E-state index is 0.0460. The van der Waals surface area contributed by atoms with Gasteiger partial charge in [-0.1, -0.05) is 51.1 Å². The van der Waals surface area contributed by atoms with Crippen LogP contribution in [-0.2, 0) is 33.7 Å². The van der Waals surface area contributed by atoms with Crippen LogP contribution < -0.4 is 0 Å². The summed E-state index contributed by atoms with van der Waals surface area (Å²) in [5.41, 5.74) is -4.20. The van der Waals surface area contributed by atoms with E-state index in [0.717, 1.165) is 0 Å². The van der Waals surface area contributed by atoms with E-state index in [0.29, 0.717) is 42.0 Å². The summed E-state index contributed by atoms with van der Waals surface area (Å²) >= 11 is 0. The van der Waals surface area contributed by atoms with Gasteiger partial charge in [0.2, 0.25) is 6.20 Å². The molecule has 0 fully saturated rings. The first-order valence-corrected chi connectivity index (χ1v) is 14.2. The molecule has 0 aliphatic rings. The first kappa shape index (κ1) is 30.5. The van der Waals surface area contributed by atoms with Crippen LogP contribution in [0.2, 0.25) is 18.1 Å². The van der Waals surface area contributed by atoms with Gasteiger partial charge in [-0.15, -0.1) is 0 Å². The molecule has 0 spiro atoms. The molecule has 12 heteroatoms. The number of hydrogen-bond donors (Lipinski definition) is 0. The zero-order valence-corrected chi connectivity index (χ0v) is 21.7. The van der Waals surface area contributed by atoms with Crippen LogP contribution in [0.5, 0.6) is 0 Å². The third-order valence-electron chi connectivity index (χ3n) is 6.29. The quantitative estimate of drug-likeness (QED) is 0.117. The average Bonchev–Trinajstić information content (AvgIpc) is 2.85. The van der Waals surface area contributed by atoms with Gasteiger partial charge in [0.15, 0.2) is 8.32 Å². The summed E-state index contributed by atoms with van der Waals surface area (Å²) in [5.74, 6) is 0. The highest BCUT2D eigenvalue weighted by Crippen LogP contribution is 2.38. The number of hydrogen-bond acceptors (Lipinski definition) is 4. The number of benzene rings is 2. The van der Waals surface area contributed by atoms with Gasteiger partial charge in [-0.05, 0) is 47.5 Å². The van der Waals surface area contributed by atoms with E-state index in [1.54, 1.807) is 30.3 Å². The molecule has 204 valence electrons. The highest BCUT2D eigenvalue weighted by molar-refractivity contribution is 6.73.